The lowest BCUT2D eigenvalue weighted by Crippen LogP contribution is -2.40. The van der Waals surface area contributed by atoms with Crippen molar-refractivity contribution in [2.45, 2.75) is 38.6 Å². The number of rotatable bonds is 4. The van der Waals surface area contributed by atoms with E-state index in [1.165, 1.54) is 36.4 Å². The third-order valence-electron chi connectivity index (χ3n) is 5.71. The minimum Gasteiger partial charge on any atom is -0.348 e. The van der Waals surface area contributed by atoms with Crippen molar-refractivity contribution in [2.75, 3.05) is 0 Å². The Kier molecular flexibility index (Phi) is 3.87. The highest BCUT2D eigenvalue weighted by Gasteiger charge is 2.42. The third-order valence-corrected chi connectivity index (χ3v) is 5.71. The van der Waals surface area contributed by atoms with Crippen LogP contribution in [0.4, 0.5) is 4.39 Å². The van der Waals surface area contributed by atoms with Crippen LogP contribution in [-0.2, 0) is 0 Å². The van der Waals surface area contributed by atoms with Gasteiger partial charge in [0.1, 0.15) is 11.5 Å². The van der Waals surface area contributed by atoms with Crippen molar-refractivity contribution in [1.82, 2.24) is 15.1 Å². The van der Waals surface area contributed by atoms with E-state index in [0.717, 1.165) is 11.8 Å². The van der Waals surface area contributed by atoms with Gasteiger partial charge in [0.2, 0.25) is 0 Å². The molecule has 126 valence electrons. The van der Waals surface area contributed by atoms with E-state index < -0.39 is 0 Å². The number of fused-ring (bicyclic) bond motifs is 2. The maximum atomic E-state index is 13.8. The minimum atomic E-state index is -0.358. The predicted octanol–water partition coefficient (Wildman–Crippen LogP) is 3.57. The van der Waals surface area contributed by atoms with Crippen molar-refractivity contribution in [2.24, 2.45) is 17.8 Å². The minimum absolute atomic E-state index is 0.159. The Balaban J connectivity index is 1.45. The van der Waals surface area contributed by atoms with E-state index in [1.54, 1.807) is 30.5 Å². The fourth-order valence-electron chi connectivity index (χ4n) is 4.51. The smallest absolute Gasteiger partial charge is 0.272 e. The summed E-state index contributed by atoms with van der Waals surface area (Å²) in [7, 11) is 0. The molecule has 1 N–H and O–H groups in total. The number of para-hydroxylation sites is 1. The molecule has 1 amide bonds. The molecular weight excluding hydrogens is 305 g/mol. The molecule has 0 radical (unpaired) electrons. The number of nitrogens with zero attached hydrogens (tertiary/aromatic N) is 2. The summed E-state index contributed by atoms with van der Waals surface area (Å²) in [6, 6.07) is 8.20. The second-order valence-electron chi connectivity index (χ2n) is 7.20. The average molecular weight is 327 g/mol. The van der Waals surface area contributed by atoms with Crippen LogP contribution in [0.3, 0.4) is 0 Å². The summed E-state index contributed by atoms with van der Waals surface area (Å²) in [6.07, 6.45) is 6.84. The summed E-state index contributed by atoms with van der Waals surface area (Å²) >= 11 is 0. The number of aromatic nitrogens is 2. The molecule has 0 spiro atoms. The first-order chi connectivity index (χ1) is 11.6. The van der Waals surface area contributed by atoms with E-state index in [1.807, 2.05) is 0 Å². The summed E-state index contributed by atoms with van der Waals surface area (Å²) in [5, 5.41) is 7.33. The lowest BCUT2D eigenvalue weighted by atomic mass is 9.84. The third kappa shape index (κ3) is 2.72. The van der Waals surface area contributed by atoms with Gasteiger partial charge in [0.05, 0.1) is 0 Å². The highest BCUT2D eigenvalue weighted by atomic mass is 19.1. The summed E-state index contributed by atoms with van der Waals surface area (Å²) < 4.78 is 15.2. The van der Waals surface area contributed by atoms with Crippen molar-refractivity contribution in [3.63, 3.8) is 0 Å². The van der Waals surface area contributed by atoms with Crippen LogP contribution in [0, 0.1) is 23.6 Å². The topological polar surface area (TPSA) is 46.9 Å². The van der Waals surface area contributed by atoms with Gasteiger partial charge in [-0.05, 0) is 62.1 Å². The Labute approximate surface area is 141 Å². The molecule has 4 atom stereocenters. The Morgan fingerprint density at radius 3 is 2.83 bits per heavy atom. The van der Waals surface area contributed by atoms with Crippen LogP contribution >= 0.6 is 0 Å². The molecular formula is C19H22FN3O. The number of hydrogen-bond donors (Lipinski definition) is 1. The van der Waals surface area contributed by atoms with Crippen molar-refractivity contribution < 1.29 is 9.18 Å². The molecule has 2 fully saturated rings. The van der Waals surface area contributed by atoms with Crippen molar-refractivity contribution in [3.8, 4) is 5.69 Å². The molecule has 2 aromatic rings. The zero-order valence-corrected chi connectivity index (χ0v) is 13.8. The Bertz CT molecular complexity index is 757. The number of carbonyl (C=O) groups is 1. The maximum absolute atomic E-state index is 13.8. The lowest BCUT2D eigenvalue weighted by molar-refractivity contribution is 0.0909. The van der Waals surface area contributed by atoms with Crippen molar-refractivity contribution in [3.05, 3.63) is 48.0 Å². The van der Waals surface area contributed by atoms with E-state index in [4.69, 9.17) is 0 Å². The highest BCUT2D eigenvalue weighted by molar-refractivity contribution is 5.92. The molecule has 5 heteroatoms. The number of benzene rings is 1. The van der Waals surface area contributed by atoms with Gasteiger partial charge in [-0.1, -0.05) is 18.6 Å². The molecule has 2 aliphatic rings. The number of halogens is 1. The standard InChI is InChI=1S/C19H22FN3O/c1-12(15-11-13-6-7-14(15)10-13)21-19(24)17-8-9-23(22-17)18-5-3-2-4-16(18)20/h2-5,8-9,12-15H,6-7,10-11H2,1H3,(H,21,24). The number of amides is 1. The van der Waals surface area contributed by atoms with Crippen LogP contribution in [0.1, 0.15) is 43.1 Å². The molecule has 1 aromatic heterocycles. The Morgan fingerprint density at radius 2 is 2.12 bits per heavy atom. The average Bonchev–Trinajstić information content (AvgIpc) is 3.31. The van der Waals surface area contributed by atoms with Gasteiger partial charge in [-0.25, -0.2) is 9.07 Å². The summed E-state index contributed by atoms with van der Waals surface area (Å²) in [6.45, 7) is 2.09. The number of carbonyl (C=O) groups excluding carboxylic acids is 1. The van der Waals surface area contributed by atoms with Crippen LogP contribution < -0.4 is 5.32 Å². The first kappa shape index (κ1) is 15.4. The molecule has 4 rings (SSSR count). The fourth-order valence-corrected chi connectivity index (χ4v) is 4.51. The molecule has 24 heavy (non-hydrogen) atoms. The van der Waals surface area contributed by atoms with E-state index in [2.05, 4.69) is 17.3 Å². The first-order valence-corrected chi connectivity index (χ1v) is 8.73. The molecule has 0 aliphatic heterocycles. The van der Waals surface area contributed by atoms with Gasteiger partial charge >= 0.3 is 0 Å². The van der Waals surface area contributed by atoms with Crippen molar-refractivity contribution >= 4 is 5.91 Å². The summed E-state index contributed by atoms with van der Waals surface area (Å²) in [5.74, 6) is 1.67. The van der Waals surface area contributed by atoms with Gasteiger partial charge in [-0.15, -0.1) is 0 Å². The molecule has 0 saturated heterocycles. The Morgan fingerprint density at radius 1 is 1.29 bits per heavy atom. The second kappa shape index (κ2) is 6.04. The fraction of sp³-hybridized carbons (Fsp3) is 0.474. The quantitative estimate of drug-likeness (QED) is 0.933. The van der Waals surface area contributed by atoms with Gasteiger partial charge in [0.15, 0.2) is 5.69 Å². The van der Waals surface area contributed by atoms with Gasteiger partial charge in [-0.3, -0.25) is 4.79 Å². The number of nitrogens with one attached hydrogen (secondary N) is 1. The van der Waals surface area contributed by atoms with Crippen LogP contribution in [-0.4, -0.2) is 21.7 Å². The largest absolute Gasteiger partial charge is 0.348 e. The zero-order valence-electron chi connectivity index (χ0n) is 13.8. The second-order valence-corrected chi connectivity index (χ2v) is 7.20. The first-order valence-electron chi connectivity index (χ1n) is 8.73. The van der Waals surface area contributed by atoms with E-state index in [9.17, 15) is 9.18 Å². The summed E-state index contributed by atoms with van der Waals surface area (Å²) in [5.41, 5.74) is 0.672. The lowest BCUT2D eigenvalue weighted by Gasteiger charge is -2.28. The van der Waals surface area contributed by atoms with Crippen molar-refractivity contribution in [1.29, 1.82) is 0 Å². The van der Waals surface area contributed by atoms with Crippen LogP contribution in [0.25, 0.3) is 5.69 Å². The molecule has 2 aliphatic carbocycles. The number of hydrogen-bond acceptors (Lipinski definition) is 2. The van der Waals surface area contributed by atoms with Crippen LogP contribution in [0.2, 0.25) is 0 Å². The highest BCUT2D eigenvalue weighted by Crippen LogP contribution is 2.49. The molecule has 2 saturated carbocycles. The summed E-state index contributed by atoms with van der Waals surface area (Å²) in [4.78, 5) is 12.5. The van der Waals surface area contributed by atoms with E-state index in [0.29, 0.717) is 17.3 Å². The molecule has 4 nitrogen and oxygen atoms in total. The van der Waals surface area contributed by atoms with Crippen LogP contribution in [0.5, 0.6) is 0 Å². The predicted molar refractivity (Wildman–Crippen MR) is 89.4 cm³/mol. The monoisotopic (exact) mass is 327 g/mol. The van der Waals surface area contributed by atoms with Gasteiger partial charge < -0.3 is 5.32 Å². The van der Waals surface area contributed by atoms with Gasteiger partial charge in [-0.2, -0.15) is 5.10 Å². The Hall–Kier alpha value is -2.17. The molecule has 1 heterocycles. The molecule has 4 unspecified atom stereocenters. The zero-order chi connectivity index (χ0) is 16.7. The SMILES string of the molecule is CC(NC(=O)c1ccn(-c2ccccc2F)n1)C1CC2CCC1C2. The van der Waals surface area contributed by atoms with E-state index >= 15 is 0 Å². The normalized spacial score (nSPS) is 26.5. The van der Waals surface area contributed by atoms with E-state index in [-0.39, 0.29) is 17.8 Å². The van der Waals surface area contributed by atoms with Crippen LogP contribution in [0.15, 0.2) is 36.5 Å². The molecule has 1 aromatic carbocycles. The van der Waals surface area contributed by atoms with Gasteiger partial charge in [0, 0.05) is 12.2 Å². The maximum Gasteiger partial charge on any atom is 0.272 e. The molecule has 2 bridgehead atoms. The van der Waals surface area contributed by atoms with Gasteiger partial charge in [0.25, 0.3) is 5.91 Å².